The van der Waals surface area contributed by atoms with Gasteiger partial charge in [-0.25, -0.2) is 4.98 Å². The van der Waals surface area contributed by atoms with Gasteiger partial charge < -0.3 is 10.8 Å². The fourth-order valence-corrected chi connectivity index (χ4v) is 1.36. The van der Waals surface area contributed by atoms with E-state index in [1.807, 2.05) is 26.0 Å². The lowest BCUT2D eigenvalue weighted by Crippen LogP contribution is -2.32. The van der Waals surface area contributed by atoms with E-state index in [1.54, 1.807) is 6.20 Å². The van der Waals surface area contributed by atoms with E-state index in [9.17, 15) is 5.11 Å². The molecule has 1 atom stereocenters. The molecule has 1 aromatic heterocycles. The molecule has 0 fully saturated rings. The molecule has 0 amide bonds. The standard InChI is InChI=1S/C10H15BrN2O.ClH/c1-10(2,6-14)9(12)7-3-4-8(11)13-5-7;/h3-5,9,14H,6,12H2,1-2H3;1H/t9-;/m1./s1. The van der Waals surface area contributed by atoms with Crippen LogP contribution in [0.5, 0.6) is 0 Å². The number of aromatic nitrogens is 1. The highest BCUT2D eigenvalue weighted by molar-refractivity contribution is 9.10. The Kier molecular flexibility index (Phi) is 5.73. The second-order valence-corrected chi connectivity index (χ2v) is 4.85. The van der Waals surface area contributed by atoms with Gasteiger partial charge in [0.05, 0.1) is 0 Å². The predicted molar refractivity (Wildman–Crippen MR) is 67.0 cm³/mol. The molecule has 0 aliphatic carbocycles. The SMILES string of the molecule is CC(C)(CO)[C@H](N)c1ccc(Br)nc1.Cl. The van der Waals surface area contributed by atoms with Crippen LogP contribution < -0.4 is 5.73 Å². The third-order valence-corrected chi connectivity index (χ3v) is 2.83. The second-order valence-electron chi connectivity index (χ2n) is 4.04. The molecular weight excluding hydrogens is 279 g/mol. The Morgan fingerprint density at radius 2 is 2.13 bits per heavy atom. The second kappa shape index (κ2) is 5.80. The van der Waals surface area contributed by atoms with Crippen molar-refractivity contribution >= 4 is 28.3 Å². The van der Waals surface area contributed by atoms with Crippen molar-refractivity contribution < 1.29 is 5.11 Å². The third-order valence-electron chi connectivity index (χ3n) is 2.36. The summed E-state index contributed by atoms with van der Waals surface area (Å²) in [7, 11) is 0. The van der Waals surface area contributed by atoms with Gasteiger partial charge in [-0.05, 0) is 27.6 Å². The summed E-state index contributed by atoms with van der Waals surface area (Å²) in [6, 6.07) is 3.56. The van der Waals surface area contributed by atoms with Gasteiger partial charge in [-0.1, -0.05) is 19.9 Å². The lowest BCUT2D eigenvalue weighted by molar-refractivity contribution is 0.132. The van der Waals surface area contributed by atoms with E-state index in [0.717, 1.165) is 10.2 Å². The Morgan fingerprint density at radius 3 is 2.53 bits per heavy atom. The normalized spacial score (nSPS) is 13.1. The lowest BCUT2D eigenvalue weighted by Gasteiger charge is -2.29. The number of halogens is 2. The largest absolute Gasteiger partial charge is 0.396 e. The maximum Gasteiger partial charge on any atom is 0.106 e. The topological polar surface area (TPSA) is 59.1 Å². The number of nitrogens with two attached hydrogens (primary N) is 1. The first-order valence-electron chi connectivity index (χ1n) is 4.45. The quantitative estimate of drug-likeness (QED) is 0.841. The zero-order valence-corrected chi connectivity index (χ0v) is 11.2. The maximum atomic E-state index is 9.17. The van der Waals surface area contributed by atoms with E-state index in [1.165, 1.54) is 0 Å². The lowest BCUT2D eigenvalue weighted by atomic mass is 9.82. The van der Waals surface area contributed by atoms with Gasteiger partial charge in [-0.15, -0.1) is 12.4 Å². The van der Waals surface area contributed by atoms with Gasteiger partial charge in [0.15, 0.2) is 0 Å². The van der Waals surface area contributed by atoms with Crippen molar-refractivity contribution in [3.8, 4) is 0 Å². The minimum Gasteiger partial charge on any atom is -0.396 e. The number of aliphatic hydroxyl groups is 1. The molecule has 0 spiro atoms. The highest BCUT2D eigenvalue weighted by atomic mass is 79.9. The van der Waals surface area contributed by atoms with E-state index in [2.05, 4.69) is 20.9 Å². The number of hydrogen-bond donors (Lipinski definition) is 2. The fourth-order valence-electron chi connectivity index (χ4n) is 1.12. The highest BCUT2D eigenvalue weighted by Crippen LogP contribution is 2.30. The Hall–Kier alpha value is -0.160. The predicted octanol–water partition coefficient (Wildman–Crippen LogP) is 2.28. The Balaban J connectivity index is 0.00000196. The van der Waals surface area contributed by atoms with Crippen molar-refractivity contribution in [1.82, 2.24) is 4.98 Å². The van der Waals surface area contributed by atoms with Crippen LogP contribution in [0.3, 0.4) is 0 Å². The van der Waals surface area contributed by atoms with Gasteiger partial charge in [0, 0.05) is 24.3 Å². The molecule has 0 bridgehead atoms. The van der Waals surface area contributed by atoms with Gasteiger partial charge in [-0.2, -0.15) is 0 Å². The average molecular weight is 296 g/mol. The van der Waals surface area contributed by atoms with Crippen LogP contribution in [0.15, 0.2) is 22.9 Å². The molecule has 0 radical (unpaired) electrons. The highest BCUT2D eigenvalue weighted by Gasteiger charge is 2.26. The van der Waals surface area contributed by atoms with Gasteiger partial charge >= 0.3 is 0 Å². The van der Waals surface area contributed by atoms with Crippen LogP contribution in [-0.4, -0.2) is 16.7 Å². The monoisotopic (exact) mass is 294 g/mol. The first-order chi connectivity index (χ1) is 6.47. The van der Waals surface area contributed by atoms with Crippen molar-refractivity contribution in [3.05, 3.63) is 28.5 Å². The van der Waals surface area contributed by atoms with E-state index in [4.69, 9.17) is 5.73 Å². The van der Waals surface area contributed by atoms with Gasteiger partial charge in [0.2, 0.25) is 0 Å². The summed E-state index contributed by atoms with van der Waals surface area (Å²) in [5.74, 6) is 0. The molecule has 3 N–H and O–H groups in total. The van der Waals surface area contributed by atoms with Crippen LogP contribution >= 0.6 is 28.3 Å². The van der Waals surface area contributed by atoms with Crippen LogP contribution in [0.1, 0.15) is 25.5 Å². The van der Waals surface area contributed by atoms with Gasteiger partial charge in [-0.3, -0.25) is 0 Å². The van der Waals surface area contributed by atoms with Crippen LogP contribution in [0.2, 0.25) is 0 Å². The average Bonchev–Trinajstić information content (AvgIpc) is 2.18. The molecular formula is C10H16BrClN2O. The van der Waals surface area contributed by atoms with Crippen LogP contribution in [0.4, 0.5) is 0 Å². The van der Waals surface area contributed by atoms with Crippen molar-refractivity contribution in [1.29, 1.82) is 0 Å². The first-order valence-corrected chi connectivity index (χ1v) is 5.24. The maximum absolute atomic E-state index is 9.17. The van der Waals surface area contributed by atoms with E-state index < -0.39 is 0 Å². The first kappa shape index (κ1) is 14.8. The molecule has 0 aromatic carbocycles. The van der Waals surface area contributed by atoms with Crippen LogP contribution in [0, 0.1) is 5.41 Å². The molecule has 15 heavy (non-hydrogen) atoms. The molecule has 0 saturated carbocycles. The van der Waals surface area contributed by atoms with Crippen molar-refractivity contribution in [2.45, 2.75) is 19.9 Å². The number of pyridine rings is 1. The third kappa shape index (κ3) is 3.72. The summed E-state index contributed by atoms with van der Waals surface area (Å²) in [6.07, 6.45) is 1.73. The summed E-state index contributed by atoms with van der Waals surface area (Å²) in [5.41, 5.74) is 6.63. The van der Waals surface area contributed by atoms with Crippen LogP contribution in [-0.2, 0) is 0 Å². The van der Waals surface area contributed by atoms with E-state index in [-0.39, 0.29) is 30.5 Å². The molecule has 86 valence electrons. The fraction of sp³-hybridized carbons (Fsp3) is 0.500. The molecule has 0 aliphatic rings. The summed E-state index contributed by atoms with van der Waals surface area (Å²) >= 11 is 3.26. The number of nitrogens with zero attached hydrogens (tertiary/aromatic N) is 1. The van der Waals surface area contributed by atoms with Gasteiger partial charge in [0.25, 0.3) is 0 Å². The molecule has 1 aromatic rings. The van der Waals surface area contributed by atoms with E-state index in [0.29, 0.717) is 0 Å². The smallest absolute Gasteiger partial charge is 0.106 e. The molecule has 5 heteroatoms. The molecule has 0 aliphatic heterocycles. The zero-order valence-electron chi connectivity index (χ0n) is 8.77. The summed E-state index contributed by atoms with van der Waals surface area (Å²) in [5, 5.41) is 9.17. The Bertz CT molecular complexity index is 303. The summed E-state index contributed by atoms with van der Waals surface area (Å²) < 4.78 is 0.787. The summed E-state index contributed by atoms with van der Waals surface area (Å²) in [4.78, 5) is 4.10. The van der Waals surface area contributed by atoms with Crippen LogP contribution in [0.25, 0.3) is 0 Å². The van der Waals surface area contributed by atoms with Crippen molar-refractivity contribution in [2.75, 3.05) is 6.61 Å². The molecule has 0 saturated heterocycles. The summed E-state index contributed by atoms with van der Waals surface area (Å²) in [6.45, 7) is 3.92. The van der Waals surface area contributed by atoms with Crippen molar-refractivity contribution in [2.24, 2.45) is 11.1 Å². The molecule has 0 unspecified atom stereocenters. The zero-order chi connectivity index (χ0) is 10.8. The molecule has 3 nitrogen and oxygen atoms in total. The van der Waals surface area contributed by atoms with E-state index >= 15 is 0 Å². The number of aliphatic hydroxyl groups excluding tert-OH is 1. The Labute approximate surface area is 105 Å². The number of hydrogen-bond acceptors (Lipinski definition) is 3. The number of rotatable bonds is 3. The van der Waals surface area contributed by atoms with Crippen molar-refractivity contribution in [3.63, 3.8) is 0 Å². The minimum absolute atomic E-state index is 0. The molecule has 1 rings (SSSR count). The molecule has 1 heterocycles. The Morgan fingerprint density at radius 1 is 1.53 bits per heavy atom. The minimum atomic E-state index is -0.324. The van der Waals surface area contributed by atoms with Gasteiger partial charge in [0.1, 0.15) is 4.60 Å².